The first-order chi connectivity index (χ1) is 12.1. The second kappa shape index (κ2) is 7.49. The van der Waals surface area contributed by atoms with E-state index in [1.807, 2.05) is 36.4 Å². The van der Waals surface area contributed by atoms with Crippen LogP contribution in [0.4, 0.5) is 0 Å². The number of carbonyl (C=O) groups is 1. The Morgan fingerprint density at radius 2 is 2.04 bits per heavy atom. The summed E-state index contributed by atoms with van der Waals surface area (Å²) in [5.74, 6) is -0.0872. The van der Waals surface area contributed by atoms with E-state index in [1.165, 1.54) is 4.88 Å². The van der Waals surface area contributed by atoms with Crippen LogP contribution in [-0.2, 0) is 17.8 Å². The second-order valence-corrected chi connectivity index (χ2v) is 7.09. The molecule has 0 radical (unpaired) electrons. The number of benzene rings is 1. The molecule has 0 aliphatic carbocycles. The van der Waals surface area contributed by atoms with Gasteiger partial charge in [-0.25, -0.2) is 0 Å². The molecule has 0 fully saturated rings. The third kappa shape index (κ3) is 4.06. The zero-order valence-corrected chi connectivity index (χ0v) is 15.1. The molecular formula is C20H20N2O2S. The first-order valence-corrected chi connectivity index (χ1v) is 9.01. The number of carbonyl (C=O) groups excluding carboxylic acids is 1. The van der Waals surface area contributed by atoms with Crippen molar-refractivity contribution in [3.8, 4) is 0 Å². The number of para-hydroxylation sites is 1. The third-order valence-corrected chi connectivity index (χ3v) is 5.24. The van der Waals surface area contributed by atoms with Crippen molar-refractivity contribution < 1.29 is 4.79 Å². The molecule has 2 heterocycles. The standard InChI is InChI=1S/C20H20N2O2S/c1-3-15-8-9-16(25-15)10-11-20(24)22(2)13-14-12-19(23)21-18-7-5-4-6-17(14)18/h4-12H,3,13H2,1-2H3,(H,21,23)/b11-10+. The number of pyridine rings is 1. The molecule has 1 amide bonds. The van der Waals surface area contributed by atoms with Gasteiger partial charge in [0.05, 0.1) is 0 Å². The van der Waals surface area contributed by atoms with Gasteiger partial charge in [0, 0.05) is 46.4 Å². The molecule has 1 aromatic carbocycles. The van der Waals surface area contributed by atoms with Crippen LogP contribution < -0.4 is 5.56 Å². The van der Waals surface area contributed by atoms with Gasteiger partial charge in [-0.3, -0.25) is 9.59 Å². The van der Waals surface area contributed by atoms with Gasteiger partial charge >= 0.3 is 0 Å². The summed E-state index contributed by atoms with van der Waals surface area (Å²) in [6.07, 6.45) is 4.43. The average Bonchev–Trinajstić information content (AvgIpc) is 3.07. The number of amides is 1. The predicted octanol–water partition coefficient (Wildman–Crippen LogP) is 3.82. The van der Waals surface area contributed by atoms with Crippen LogP contribution in [0, 0.1) is 0 Å². The van der Waals surface area contributed by atoms with Crippen LogP contribution in [0.5, 0.6) is 0 Å². The van der Waals surface area contributed by atoms with E-state index in [1.54, 1.807) is 35.4 Å². The van der Waals surface area contributed by atoms with E-state index in [2.05, 4.69) is 18.0 Å². The van der Waals surface area contributed by atoms with Crippen LogP contribution >= 0.6 is 11.3 Å². The molecule has 128 valence electrons. The topological polar surface area (TPSA) is 53.2 Å². The maximum atomic E-state index is 12.4. The average molecular weight is 352 g/mol. The lowest BCUT2D eigenvalue weighted by atomic mass is 10.1. The number of nitrogens with one attached hydrogen (secondary N) is 1. The quantitative estimate of drug-likeness (QED) is 0.710. The molecule has 25 heavy (non-hydrogen) atoms. The van der Waals surface area contributed by atoms with Crippen LogP contribution in [-0.4, -0.2) is 22.8 Å². The molecule has 0 saturated carbocycles. The van der Waals surface area contributed by atoms with Crippen LogP contribution in [0.3, 0.4) is 0 Å². The third-order valence-electron chi connectivity index (χ3n) is 4.04. The van der Waals surface area contributed by atoms with Gasteiger partial charge in [0.1, 0.15) is 0 Å². The highest BCUT2D eigenvalue weighted by atomic mass is 32.1. The molecule has 0 bridgehead atoms. The summed E-state index contributed by atoms with van der Waals surface area (Å²) in [6, 6.07) is 13.3. The summed E-state index contributed by atoms with van der Waals surface area (Å²) in [5.41, 5.74) is 1.47. The van der Waals surface area contributed by atoms with Gasteiger partial charge in [0.25, 0.3) is 0 Å². The van der Waals surface area contributed by atoms with Crippen molar-refractivity contribution in [3.05, 3.63) is 74.2 Å². The fraction of sp³-hybridized carbons (Fsp3) is 0.200. The van der Waals surface area contributed by atoms with E-state index in [0.29, 0.717) is 6.54 Å². The number of thiophene rings is 1. The van der Waals surface area contributed by atoms with Gasteiger partial charge in [-0.15, -0.1) is 11.3 Å². The van der Waals surface area contributed by atoms with E-state index < -0.39 is 0 Å². The first kappa shape index (κ1) is 17.2. The summed E-state index contributed by atoms with van der Waals surface area (Å²) in [6.45, 7) is 2.50. The fourth-order valence-corrected chi connectivity index (χ4v) is 3.55. The number of H-pyrrole nitrogens is 1. The van der Waals surface area contributed by atoms with Gasteiger partial charge in [-0.1, -0.05) is 25.1 Å². The number of hydrogen-bond donors (Lipinski definition) is 1. The first-order valence-electron chi connectivity index (χ1n) is 8.19. The number of aromatic amines is 1. The molecule has 0 aliphatic rings. The Balaban J connectivity index is 1.76. The number of aromatic nitrogens is 1. The summed E-state index contributed by atoms with van der Waals surface area (Å²) >= 11 is 1.69. The smallest absolute Gasteiger partial charge is 0.248 e. The van der Waals surface area contributed by atoms with Crippen molar-refractivity contribution in [3.63, 3.8) is 0 Å². The fourth-order valence-electron chi connectivity index (χ4n) is 2.70. The van der Waals surface area contributed by atoms with E-state index >= 15 is 0 Å². The summed E-state index contributed by atoms with van der Waals surface area (Å²) < 4.78 is 0. The maximum Gasteiger partial charge on any atom is 0.248 e. The zero-order chi connectivity index (χ0) is 17.8. The van der Waals surface area contributed by atoms with E-state index in [0.717, 1.165) is 27.8 Å². The highest BCUT2D eigenvalue weighted by molar-refractivity contribution is 7.12. The van der Waals surface area contributed by atoms with E-state index in [4.69, 9.17) is 0 Å². The normalized spacial score (nSPS) is 11.3. The Morgan fingerprint density at radius 1 is 1.24 bits per heavy atom. The molecule has 1 N–H and O–H groups in total. The molecule has 5 heteroatoms. The minimum Gasteiger partial charge on any atom is -0.338 e. The van der Waals surface area contributed by atoms with Crippen molar-refractivity contribution in [2.24, 2.45) is 0 Å². The van der Waals surface area contributed by atoms with Crippen LogP contribution in [0.15, 0.2) is 53.3 Å². The van der Waals surface area contributed by atoms with Crippen LogP contribution in [0.25, 0.3) is 17.0 Å². The lowest BCUT2D eigenvalue weighted by Crippen LogP contribution is -2.25. The molecule has 0 unspecified atom stereocenters. The van der Waals surface area contributed by atoms with E-state index in [9.17, 15) is 9.59 Å². The Hall–Kier alpha value is -2.66. The highest BCUT2D eigenvalue weighted by Crippen LogP contribution is 2.19. The van der Waals surface area contributed by atoms with E-state index in [-0.39, 0.29) is 11.5 Å². The predicted molar refractivity (Wildman–Crippen MR) is 104 cm³/mol. The van der Waals surface area contributed by atoms with Gasteiger partial charge in [-0.05, 0) is 36.3 Å². The Bertz CT molecular complexity index is 985. The minimum absolute atomic E-state index is 0.0872. The van der Waals surface area contributed by atoms with Gasteiger partial charge in [0.15, 0.2) is 0 Å². The van der Waals surface area contributed by atoms with Gasteiger partial charge < -0.3 is 9.88 Å². The molecule has 0 aliphatic heterocycles. The number of nitrogens with zero attached hydrogens (tertiary/aromatic N) is 1. The Labute approximate surface area is 150 Å². The monoisotopic (exact) mass is 352 g/mol. The molecule has 0 atom stereocenters. The van der Waals surface area contributed by atoms with Crippen LogP contribution in [0.2, 0.25) is 0 Å². The van der Waals surface area contributed by atoms with Crippen molar-refractivity contribution in [2.45, 2.75) is 19.9 Å². The SMILES string of the molecule is CCc1ccc(/C=C/C(=O)N(C)Cc2cc(=O)[nH]c3ccccc23)s1. The zero-order valence-electron chi connectivity index (χ0n) is 14.3. The van der Waals surface area contributed by atoms with Crippen molar-refractivity contribution in [1.82, 2.24) is 9.88 Å². The molecule has 0 saturated heterocycles. The molecule has 0 spiro atoms. The second-order valence-electron chi connectivity index (χ2n) is 5.89. The highest BCUT2D eigenvalue weighted by Gasteiger charge is 2.10. The maximum absolute atomic E-state index is 12.4. The summed E-state index contributed by atoms with van der Waals surface area (Å²) in [4.78, 5) is 31.0. The molecule has 2 aromatic heterocycles. The lowest BCUT2D eigenvalue weighted by Gasteiger charge is -2.16. The molecular weight excluding hydrogens is 332 g/mol. The molecule has 3 rings (SSSR count). The number of fused-ring (bicyclic) bond motifs is 1. The largest absolute Gasteiger partial charge is 0.338 e. The number of hydrogen-bond acceptors (Lipinski definition) is 3. The molecule has 3 aromatic rings. The number of aryl methyl sites for hydroxylation is 1. The van der Waals surface area contributed by atoms with Crippen LogP contribution in [0.1, 0.15) is 22.2 Å². The summed E-state index contributed by atoms with van der Waals surface area (Å²) in [5, 5.41) is 0.955. The van der Waals surface area contributed by atoms with Gasteiger partial charge in [-0.2, -0.15) is 0 Å². The number of rotatable bonds is 5. The Morgan fingerprint density at radius 3 is 2.80 bits per heavy atom. The minimum atomic E-state index is -0.157. The Kier molecular flexibility index (Phi) is 5.14. The van der Waals surface area contributed by atoms with Crippen molar-refractivity contribution >= 4 is 34.2 Å². The van der Waals surface area contributed by atoms with Crippen molar-refractivity contribution in [2.75, 3.05) is 7.05 Å². The van der Waals surface area contributed by atoms with Crippen molar-refractivity contribution in [1.29, 1.82) is 0 Å². The summed E-state index contributed by atoms with van der Waals surface area (Å²) in [7, 11) is 1.74. The lowest BCUT2D eigenvalue weighted by molar-refractivity contribution is -0.125. The molecule has 4 nitrogen and oxygen atoms in total. The van der Waals surface area contributed by atoms with Gasteiger partial charge in [0.2, 0.25) is 11.5 Å². The number of likely N-dealkylation sites (N-methyl/N-ethyl adjacent to an activating group) is 1.